The first kappa shape index (κ1) is 24.5. The number of para-hydroxylation sites is 1. The minimum atomic E-state index is 0.00171. The van der Waals surface area contributed by atoms with E-state index < -0.39 is 0 Å². The number of aryl methyl sites for hydroxylation is 2. The molecule has 0 saturated carbocycles. The standard InChI is InChI=1S/C29H27N7O3/c1-17-7-9-21(18(2)11-17)16-38-25-6-4-3-5-20(25)15-30-34-27-24(32-28-29(33-27)36-39-35-28)13-19-8-10-23-22(12-19)14-26(37)31-23/h3-12,30H,13-16H2,1-2H3,(H,31,37)(H,33,34,36). The van der Waals surface area contributed by atoms with Crippen LogP contribution >= 0.6 is 0 Å². The molecule has 39 heavy (non-hydrogen) atoms. The van der Waals surface area contributed by atoms with Crippen molar-refractivity contribution in [1.82, 2.24) is 25.7 Å². The van der Waals surface area contributed by atoms with Crippen molar-refractivity contribution < 1.29 is 14.2 Å². The smallest absolute Gasteiger partial charge is 0.245 e. The summed E-state index contributed by atoms with van der Waals surface area (Å²) in [4.78, 5) is 20.9. The highest BCUT2D eigenvalue weighted by Gasteiger charge is 2.19. The average Bonchev–Trinajstić information content (AvgIpc) is 3.53. The van der Waals surface area contributed by atoms with Crippen molar-refractivity contribution in [3.63, 3.8) is 0 Å². The molecule has 196 valence electrons. The second kappa shape index (κ2) is 10.5. The number of anilines is 2. The summed E-state index contributed by atoms with van der Waals surface area (Å²) in [7, 11) is 0. The van der Waals surface area contributed by atoms with Gasteiger partial charge in [0.25, 0.3) is 0 Å². The Morgan fingerprint density at radius 2 is 1.82 bits per heavy atom. The third kappa shape index (κ3) is 5.41. The Bertz CT molecular complexity index is 1680. The van der Waals surface area contributed by atoms with Gasteiger partial charge in [-0.1, -0.05) is 54.1 Å². The van der Waals surface area contributed by atoms with Gasteiger partial charge in [-0.05, 0) is 58.5 Å². The summed E-state index contributed by atoms with van der Waals surface area (Å²) < 4.78 is 11.0. The van der Waals surface area contributed by atoms with Gasteiger partial charge in [-0.3, -0.25) is 4.79 Å². The maximum absolute atomic E-state index is 11.8. The highest BCUT2D eigenvalue weighted by Crippen LogP contribution is 2.26. The number of nitrogens with zero attached hydrogens (tertiary/aromatic N) is 4. The van der Waals surface area contributed by atoms with E-state index in [0.29, 0.717) is 48.8 Å². The van der Waals surface area contributed by atoms with Gasteiger partial charge in [0, 0.05) is 24.2 Å². The zero-order valence-corrected chi connectivity index (χ0v) is 21.6. The number of hydrazine groups is 1. The summed E-state index contributed by atoms with van der Waals surface area (Å²) in [6, 6.07) is 20.2. The molecule has 0 saturated heterocycles. The molecule has 0 spiro atoms. The van der Waals surface area contributed by atoms with Crippen LogP contribution < -0.4 is 20.9 Å². The number of carbonyl (C=O) groups is 1. The number of carbonyl (C=O) groups excluding carboxylic acids is 1. The van der Waals surface area contributed by atoms with Gasteiger partial charge in [-0.2, -0.15) is 0 Å². The molecule has 3 aromatic carbocycles. The predicted molar refractivity (Wildman–Crippen MR) is 146 cm³/mol. The topological polar surface area (TPSA) is 127 Å². The summed E-state index contributed by atoms with van der Waals surface area (Å²) in [6.45, 7) is 5.15. The first-order chi connectivity index (χ1) is 19.0. The number of amides is 1. The van der Waals surface area contributed by atoms with Crippen LogP contribution in [0.25, 0.3) is 11.3 Å². The second-order valence-corrected chi connectivity index (χ2v) is 9.63. The summed E-state index contributed by atoms with van der Waals surface area (Å²) in [6.07, 6.45) is 0.857. The SMILES string of the molecule is Cc1ccc(COc2ccccc2CNNc2nc3nonc3nc2Cc2ccc3c(c2)CC(=O)N3)c(C)c1. The molecule has 0 unspecified atom stereocenters. The molecule has 0 aliphatic carbocycles. The van der Waals surface area contributed by atoms with E-state index in [9.17, 15) is 4.79 Å². The lowest BCUT2D eigenvalue weighted by Gasteiger charge is -2.15. The molecule has 5 aromatic rings. The normalized spacial score (nSPS) is 12.4. The Hall–Kier alpha value is -4.83. The minimum absolute atomic E-state index is 0.00171. The van der Waals surface area contributed by atoms with Gasteiger partial charge >= 0.3 is 0 Å². The van der Waals surface area contributed by atoms with E-state index >= 15 is 0 Å². The zero-order valence-electron chi connectivity index (χ0n) is 21.6. The maximum Gasteiger partial charge on any atom is 0.245 e. The van der Waals surface area contributed by atoms with Crippen LogP contribution in [0.4, 0.5) is 11.5 Å². The highest BCUT2D eigenvalue weighted by molar-refractivity contribution is 5.99. The maximum atomic E-state index is 11.8. The number of rotatable bonds is 9. The highest BCUT2D eigenvalue weighted by atomic mass is 16.6. The van der Waals surface area contributed by atoms with Crippen LogP contribution in [-0.4, -0.2) is 26.2 Å². The third-order valence-electron chi connectivity index (χ3n) is 6.69. The minimum Gasteiger partial charge on any atom is -0.489 e. The van der Waals surface area contributed by atoms with Gasteiger partial charge in [0.15, 0.2) is 5.82 Å². The van der Waals surface area contributed by atoms with Crippen LogP contribution in [0.2, 0.25) is 0 Å². The molecule has 10 nitrogen and oxygen atoms in total. The Kier molecular flexibility index (Phi) is 6.60. The number of ether oxygens (including phenoxy) is 1. The third-order valence-corrected chi connectivity index (χ3v) is 6.69. The van der Waals surface area contributed by atoms with E-state index in [1.165, 1.54) is 11.1 Å². The van der Waals surface area contributed by atoms with Crippen LogP contribution in [0.3, 0.4) is 0 Å². The van der Waals surface area contributed by atoms with E-state index in [0.717, 1.165) is 33.7 Å². The van der Waals surface area contributed by atoms with Crippen LogP contribution in [0.1, 0.15) is 39.1 Å². The van der Waals surface area contributed by atoms with Gasteiger partial charge in [0.1, 0.15) is 12.4 Å². The fraction of sp³-hybridized carbons (Fsp3) is 0.207. The Balaban J connectivity index is 1.17. The summed E-state index contributed by atoms with van der Waals surface area (Å²) >= 11 is 0. The quantitative estimate of drug-likeness (QED) is 0.242. The monoisotopic (exact) mass is 521 g/mol. The number of aromatic nitrogens is 4. The lowest BCUT2D eigenvalue weighted by atomic mass is 10.0. The fourth-order valence-corrected chi connectivity index (χ4v) is 4.66. The predicted octanol–water partition coefficient (Wildman–Crippen LogP) is 4.41. The summed E-state index contributed by atoms with van der Waals surface area (Å²) in [5.74, 6) is 1.32. The van der Waals surface area contributed by atoms with E-state index in [4.69, 9.17) is 9.37 Å². The summed E-state index contributed by atoms with van der Waals surface area (Å²) in [5, 5.41) is 10.5. The number of fused-ring (bicyclic) bond motifs is 2. The first-order valence-electron chi connectivity index (χ1n) is 12.7. The van der Waals surface area contributed by atoms with Gasteiger partial charge in [0.2, 0.25) is 17.2 Å². The van der Waals surface area contributed by atoms with Crippen molar-refractivity contribution in [2.75, 3.05) is 10.7 Å². The molecule has 3 heterocycles. The molecule has 1 aliphatic heterocycles. The lowest BCUT2D eigenvalue weighted by molar-refractivity contribution is -0.115. The molecule has 0 atom stereocenters. The Labute approximate surface area is 224 Å². The second-order valence-electron chi connectivity index (χ2n) is 9.63. The Morgan fingerprint density at radius 3 is 2.69 bits per heavy atom. The zero-order chi connectivity index (χ0) is 26.8. The molecule has 6 rings (SSSR count). The molecular weight excluding hydrogens is 494 g/mol. The molecule has 1 aliphatic rings. The van der Waals surface area contributed by atoms with Crippen molar-refractivity contribution in [1.29, 1.82) is 0 Å². The number of hydrogen-bond donors (Lipinski definition) is 3. The first-order valence-corrected chi connectivity index (χ1v) is 12.7. The van der Waals surface area contributed by atoms with Crippen molar-refractivity contribution in [2.45, 2.75) is 39.8 Å². The van der Waals surface area contributed by atoms with Gasteiger partial charge in [-0.15, -0.1) is 0 Å². The molecule has 0 fully saturated rings. The van der Waals surface area contributed by atoms with Gasteiger partial charge < -0.3 is 15.5 Å². The molecule has 2 aromatic heterocycles. The van der Waals surface area contributed by atoms with E-state index in [2.05, 4.69) is 68.5 Å². The summed E-state index contributed by atoms with van der Waals surface area (Å²) in [5.41, 5.74) is 15.2. The largest absolute Gasteiger partial charge is 0.489 e. The molecule has 3 N–H and O–H groups in total. The lowest BCUT2D eigenvalue weighted by Crippen LogP contribution is -2.23. The molecule has 0 radical (unpaired) electrons. The number of benzene rings is 3. The molecule has 0 bridgehead atoms. The van der Waals surface area contributed by atoms with E-state index in [1.54, 1.807) is 0 Å². The van der Waals surface area contributed by atoms with E-state index in [1.807, 2.05) is 42.5 Å². The van der Waals surface area contributed by atoms with Gasteiger partial charge in [-0.25, -0.2) is 20.0 Å². The van der Waals surface area contributed by atoms with Crippen LogP contribution in [-0.2, 0) is 30.8 Å². The molecule has 10 heteroatoms. The van der Waals surface area contributed by atoms with Gasteiger partial charge in [0.05, 0.1) is 12.1 Å². The van der Waals surface area contributed by atoms with Crippen molar-refractivity contribution >= 4 is 28.7 Å². The van der Waals surface area contributed by atoms with E-state index in [-0.39, 0.29) is 5.91 Å². The fourth-order valence-electron chi connectivity index (χ4n) is 4.66. The van der Waals surface area contributed by atoms with Crippen molar-refractivity contribution in [3.8, 4) is 5.75 Å². The number of hydrogen-bond acceptors (Lipinski definition) is 9. The van der Waals surface area contributed by atoms with Crippen molar-refractivity contribution in [3.05, 3.63) is 99.7 Å². The molecular formula is C29H27N7O3. The Morgan fingerprint density at radius 1 is 0.974 bits per heavy atom. The van der Waals surface area contributed by atoms with Crippen LogP contribution in [0.5, 0.6) is 5.75 Å². The average molecular weight is 522 g/mol. The van der Waals surface area contributed by atoms with Crippen LogP contribution in [0, 0.1) is 13.8 Å². The molecule has 1 amide bonds. The van der Waals surface area contributed by atoms with Crippen molar-refractivity contribution in [2.24, 2.45) is 0 Å². The van der Waals surface area contributed by atoms with Crippen LogP contribution in [0.15, 0.2) is 65.3 Å². The number of nitrogens with one attached hydrogen (secondary N) is 3.